The second-order valence-corrected chi connectivity index (χ2v) is 3.48. The molecule has 0 aliphatic carbocycles. The van der Waals surface area contributed by atoms with E-state index in [-0.39, 0.29) is 10.5 Å². The molecule has 0 fully saturated rings. The third-order valence-electron chi connectivity index (χ3n) is 2.13. The van der Waals surface area contributed by atoms with Gasteiger partial charge in [-0.15, -0.1) is 0 Å². The zero-order chi connectivity index (χ0) is 10.3. The van der Waals surface area contributed by atoms with Crippen LogP contribution in [0, 0.1) is 5.82 Å². The van der Waals surface area contributed by atoms with E-state index in [0.717, 1.165) is 0 Å². The van der Waals surface area contributed by atoms with Crippen molar-refractivity contribution in [2.75, 3.05) is 0 Å². The second kappa shape index (κ2) is 3.10. The molecule has 2 rings (SSSR count). The summed E-state index contributed by atoms with van der Waals surface area (Å²) in [5.74, 6) is -0.567. The normalized spacial score (nSPS) is 10.8. The van der Waals surface area contributed by atoms with Gasteiger partial charge in [-0.1, -0.05) is 11.6 Å². The van der Waals surface area contributed by atoms with Crippen molar-refractivity contribution >= 4 is 22.5 Å². The van der Waals surface area contributed by atoms with Crippen LogP contribution in [0.2, 0.25) is 5.02 Å². The average Bonchev–Trinajstić information content (AvgIpc) is 2.15. The maximum atomic E-state index is 13.1. The molecule has 2 aromatic rings. The molecule has 0 radical (unpaired) electrons. The molecule has 1 aromatic carbocycles. The van der Waals surface area contributed by atoms with Gasteiger partial charge in [0.15, 0.2) is 5.43 Å². The highest BCUT2D eigenvalue weighted by molar-refractivity contribution is 6.31. The highest BCUT2D eigenvalue weighted by atomic mass is 35.5. The number of benzene rings is 1. The zero-order valence-corrected chi connectivity index (χ0v) is 8.18. The Morgan fingerprint density at radius 3 is 2.86 bits per heavy atom. The van der Waals surface area contributed by atoms with E-state index in [2.05, 4.69) is 0 Å². The van der Waals surface area contributed by atoms with Crippen LogP contribution in [0.25, 0.3) is 10.9 Å². The number of aryl methyl sites for hydroxylation is 1. The fourth-order valence-corrected chi connectivity index (χ4v) is 1.53. The van der Waals surface area contributed by atoms with Gasteiger partial charge in [-0.3, -0.25) is 4.79 Å². The molecular formula is C10H7ClFNO. The Labute approximate surface area is 84.5 Å². The standard InChI is InChI=1S/C10H7ClFNO/c1-13-3-2-10(14)6-4-8(12)7(11)5-9(6)13/h2-5H,1H3. The summed E-state index contributed by atoms with van der Waals surface area (Å²) in [6.07, 6.45) is 1.62. The first-order chi connectivity index (χ1) is 6.59. The predicted molar refractivity (Wildman–Crippen MR) is 54.2 cm³/mol. The Kier molecular flexibility index (Phi) is 2.04. The molecule has 4 heteroatoms. The van der Waals surface area contributed by atoms with Crippen LogP contribution in [0.1, 0.15) is 0 Å². The van der Waals surface area contributed by atoms with E-state index in [0.29, 0.717) is 10.9 Å². The van der Waals surface area contributed by atoms with Crippen molar-refractivity contribution < 1.29 is 4.39 Å². The van der Waals surface area contributed by atoms with E-state index < -0.39 is 5.82 Å². The van der Waals surface area contributed by atoms with E-state index in [1.165, 1.54) is 18.2 Å². The largest absolute Gasteiger partial charge is 0.350 e. The topological polar surface area (TPSA) is 22.0 Å². The summed E-state index contributed by atoms with van der Waals surface area (Å²) in [5.41, 5.74) is 0.428. The van der Waals surface area contributed by atoms with Gasteiger partial charge < -0.3 is 4.57 Å². The molecule has 0 aliphatic rings. The number of hydrogen-bond acceptors (Lipinski definition) is 1. The van der Waals surface area contributed by atoms with Crippen molar-refractivity contribution in [3.63, 3.8) is 0 Å². The number of hydrogen-bond donors (Lipinski definition) is 0. The molecule has 0 unspecified atom stereocenters. The summed E-state index contributed by atoms with van der Waals surface area (Å²) in [5, 5.41) is 0.371. The van der Waals surface area contributed by atoms with Gasteiger partial charge in [0, 0.05) is 24.7 Å². The van der Waals surface area contributed by atoms with Crippen LogP contribution in [0.4, 0.5) is 4.39 Å². The van der Waals surface area contributed by atoms with Crippen LogP contribution in [0.3, 0.4) is 0 Å². The summed E-state index contributed by atoms with van der Waals surface area (Å²) in [6.45, 7) is 0. The van der Waals surface area contributed by atoms with E-state index in [9.17, 15) is 9.18 Å². The minimum Gasteiger partial charge on any atom is -0.350 e. The SMILES string of the molecule is Cn1ccc(=O)c2cc(F)c(Cl)cc21. The molecule has 0 atom stereocenters. The fraction of sp³-hybridized carbons (Fsp3) is 0.100. The highest BCUT2D eigenvalue weighted by Gasteiger charge is 2.06. The number of halogens is 2. The summed E-state index contributed by atoms with van der Waals surface area (Å²) in [7, 11) is 1.77. The summed E-state index contributed by atoms with van der Waals surface area (Å²) >= 11 is 5.62. The quantitative estimate of drug-likeness (QED) is 0.656. The predicted octanol–water partition coefficient (Wildman–Crippen LogP) is 2.33. The Bertz CT molecular complexity index is 562. The molecule has 72 valence electrons. The van der Waals surface area contributed by atoms with E-state index in [1.54, 1.807) is 17.8 Å². The third kappa shape index (κ3) is 1.30. The Hall–Kier alpha value is -1.35. The van der Waals surface area contributed by atoms with Crippen molar-refractivity contribution in [3.05, 3.63) is 45.5 Å². The van der Waals surface area contributed by atoms with E-state index >= 15 is 0 Å². The summed E-state index contributed by atoms with van der Waals surface area (Å²) in [6, 6.07) is 4.02. The summed E-state index contributed by atoms with van der Waals surface area (Å²) in [4.78, 5) is 11.4. The number of pyridine rings is 1. The van der Waals surface area contributed by atoms with Crippen LogP contribution in [0.5, 0.6) is 0 Å². The fourth-order valence-electron chi connectivity index (χ4n) is 1.38. The van der Waals surface area contributed by atoms with E-state index in [1.807, 2.05) is 0 Å². The van der Waals surface area contributed by atoms with Gasteiger partial charge in [0.05, 0.1) is 10.5 Å². The molecule has 0 bridgehead atoms. The highest BCUT2D eigenvalue weighted by Crippen LogP contribution is 2.19. The van der Waals surface area contributed by atoms with Crippen LogP contribution in [0.15, 0.2) is 29.2 Å². The molecule has 0 saturated carbocycles. The smallest absolute Gasteiger partial charge is 0.189 e. The van der Waals surface area contributed by atoms with Crippen molar-refractivity contribution in [2.45, 2.75) is 0 Å². The minimum absolute atomic E-state index is 0.0266. The van der Waals surface area contributed by atoms with Crippen LogP contribution in [-0.4, -0.2) is 4.57 Å². The van der Waals surface area contributed by atoms with Crippen LogP contribution < -0.4 is 5.43 Å². The van der Waals surface area contributed by atoms with Gasteiger partial charge in [-0.25, -0.2) is 4.39 Å². The Morgan fingerprint density at radius 2 is 2.14 bits per heavy atom. The molecule has 0 N–H and O–H groups in total. The van der Waals surface area contributed by atoms with Gasteiger partial charge in [0.25, 0.3) is 0 Å². The lowest BCUT2D eigenvalue weighted by atomic mass is 10.2. The zero-order valence-electron chi connectivity index (χ0n) is 7.42. The molecule has 14 heavy (non-hydrogen) atoms. The lowest BCUT2D eigenvalue weighted by molar-refractivity contribution is 0.629. The first-order valence-corrected chi connectivity index (χ1v) is 4.42. The van der Waals surface area contributed by atoms with Crippen molar-refractivity contribution in [2.24, 2.45) is 7.05 Å². The maximum Gasteiger partial charge on any atom is 0.189 e. The Balaban J connectivity index is 3.02. The van der Waals surface area contributed by atoms with E-state index in [4.69, 9.17) is 11.6 Å². The van der Waals surface area contributed by atoms with Gasteiger partial charge in [0.2, 0.25) is 0 Å². The number of rotatable bonds is 0. The lowest BCUT2D eigenvalue weighted by Gasteiger charge is -2.04. The van der Waals surface area contributed by atoms with Crippen molar-refractivity contribution in [1.29, 1.82) is 0 Å². The molecule has 0 aliphatic heterocycles. The first kappa shape index (κ1) is 9.21. The van der Waals surface area contributed by atoms with Gasteiger partial charge in [0.1, 0.15) is 5.82 Å². The Morgan fingerprint density at radius 1 is 1.43 bits per heavy atom. The minimum atomic E-state index is -0.567. The van der Waals surface area contributed by atoms with Crippen molar-refractivity contribution in [1.82, 2.24) is 4.57 Å². The molecule has 1 heterocycles. The van der Waals surface area contributed by atoms with Gasteiger partial charge >= 0.3 is 0 Å². The second-order valence-electron chi connectivity index (χ2n) is 3.07. The number of aromatic nitrogens is 1. The molecule has 2 nitrogen and oxygen atoms in total. The van der Waals surface area contributed by atoms with Crippen molar-refractivity contribution in [3.8, 4) is 0 Å². The number of nitrogens with zero attached hydrogens (tertiary/aromatic N) is 1. The molecule has 0 saturated heterocycles. The van der Waals surface area contributed by atoms with Gasteiger partial charge in [-0.05, 0) is 12.1 Å². The molecule has 1 aromatic heterocycles. The molecule has 0 spiro atoms. The first-order valence-electron chi connectivity index (χ1n) is 4.04. The number of fused-ring (bicyclic) bond motifs is 1. The van der Waals surface area contributed by atoms with Crippen LogP contribution in [-0.2, 0) is 7.05 Å². The van der Waals surface area contributed by atoms with Crippen LogP contribution >= 0.6 is 11.6 Å². The average molecular weight is 212 g/mol. The molecule has 0 amide bonds. The summed E-state index contributed by atoms with van der Waals surface area (Å²) < 4.78 is 14.8. The molecular weight excluding hydrogens is 205 g/mol. The monoisotopic (exact) mass is 211 g/mol. The maximum absolute atomic E-state index is 13.1. The lowest BCUT2D eigenvalue weighted by Crippen LogP contribution is -2.05. The third-order valence-corrected chi connectivity index (χ3v) is 2.42. The van der Waals surface area contributed by atoms with Gasteiger partial charge in [-0.2, -0.15) is 0 Å².